The van der Waals surface area contributed by atoms with Gasteiger partial charge in [-0.15, -0.1) is 0 Å². The molecule has 0 bridgehead atoms. The van der Waals surface area contributed by atoms with Crippen LogP contribution >= 0.6 is 0 Å². The van der Waals surface area contributed by atoms with E-state index in [1.807, 2.05) is 0 Å². The quantitative estimate of drug-likeness (QED) is 0.829. The number of rotatable bonds is 2. The molecule has 0 saturated heterocycles. The highest BCUT2D eigenvalue weighted by Gasteiger charge is 2.38. The number of fused-ring (bicyclic) bond motifs is 1. The normalized spacial score (nSPS) is 15.5. The summed E-state index contributed by atoms with van der Waals surface area (Å²) < 4.78 is 68.0. The summed E-state index contributed by atoms with van der Waals surface area (Å²) in [5.74, 6) is 0. The first-order chi connectivity index (χ1) is 11.1. The Kier molecular flexibility index (Phi) is 3.86. The summed E-state index contributed by atoms with van der Waals surface area (Å²) in [6.45, 7) is 1.75. The number of hydrogen-bond donors (Lipinski definition) is 0. The summed E-state index contributed by atoms with van der Waals surface area (Å²) in [4.78, 5) is 0.00950. The number of benzene rings is 1. The van der Waals surface area contributed by atoms with E-state index in [1.54, 1.807) is 14.0 Å². The number of alkyl halides is 3. The van der Waals surface area contributed by atoms with E-state index < -0.39 is 21.8 Å². The summed E-state index contributed by atoms with van der Waals surface area (Å²) in [5.41, 5.74) is -0.211. The van der Waals surface area contributed by atoms with E-state index in [4.69, 9.17) is 0 Å². The number of nitrogens with zero attached hydrogens (tertiary/aromatic N) is 3. The number of anilines is 1. The molecule has 1 aliphatic heterocycles. The van der Waals surface area contributed by atoms with E-state index >= 15 is 0 Å². The topological polar surface area (TPSA) is 55.2 Å². The van der Waals surface area contributed by atoms with Crippen molar-refractivity contribution >= 4 is 15.7 Å². The van der Waals surface area contributed by atoms with Crippen molar-refractivity contribution in [2.75, 3.05) is 10.8 Å². The van der Waals surface area contributed by atoms with Crippen molar-refractivity contribution in [1.82, 2.24) is 9.78 Å². The molecule has 2 aromatic rings. The summed E-state index contributed by atoms with van der Waals surface area (Å²) >= 11 is 0. The Hall–Kier alpha value is -2.03. The first-order valence-corrected chi connectivity index (χ1v) is 8.78. The van der Waals surface area contributed by atoms with Gasteiger partial charge in [-0.1, -0.05) is 6.07 Å². The Morgan fingerprint density at radius 3 is 2.54 bits per heavy atom. The Balaban J connectivity index is 2.16. The minimum absolute atomic E-state index is 0.00950. The number of hydrogen-bond acceptors (Lipinski definition) is 3. The fourth-order valence-corrected chi connectivity index (χ4v) is 4.68. The van der Waals surface area contributed by atoms with Crippen LogP contribution in [0.25, 0.3) is 0 Å². The van der Waals surface area contributed by atoms with Crippen LogP contribution < -0.4 is 4.31 Å². The minimum Gasteiger partial charge on any atom is -0.272 e. The molecule has 9 heteroatoms. The van der Waals surface area contributed by atoms with E-state index in [-0.39, 0.29) is 29.1 Å². The van der Waals surface area contributed by atoms with Gasteiger partial charge in [0.25, 0.3) is 10.0 Å². The van der Waals surface area contributed by atoms with E-state index in [9.17, 15) is 21.6 Å². The van der Waals surface area contributed by atoms with E-state index in [2.05, 4.69) is 5.10 Å². The number of aryl methyl sites for hydroxylation is 1. The van der Waals surface area contributed by atoms with Crippen molar-refractivity contribution in [3.63, 3.8) is 0 Å². The van der Waals surface area contributed by atoms with Crippen molar-refractivity contribution in [2.45, 2.75) is 30.8 Å². The maximum Gasteiger partial charge on any atom is 0.416 e. The molecular formula is C15H16F3N3O2S. The summed E-state index contributed by atoms with van der Waals surface area (Å²) in [6, 6.07) is 3.66. The Morgan fingerprint density at radius 1 is 1.25 bits per heavy atom. The van der Waals surface area contributed by atoms with Gasteiger partial charge in [0.05, 0.1) is 23.1 Å². The first kappa shape index (κ1) is 16.8. The molecule has 0 N–H and O–H groups in total. The van der Waals surface area contributed by atoms with Crippen molar-refractivity contribution in [2.24, 2.45) is 7.05 Å². The van der Waals surface area contributed by atoms with Gasteiger partial charge in [-0.25, -0.2) is 8.42 Å². The molecule has 24 heavy (non-hydrogen) atoms. The van der Waals surface area contributed by atoms with Gasteiger partial charge in [0.2, 0.25) is 0 Å². The summed E-state index contributed by atoms with van der Waals surface area (Å²) in [6.07, 6.45) is -2.75. The molecule has 0 amide bonds. The fraction of sp³-hybridized carbons (Fsp3) is 0.400. The van der Waals surface area contributed by atoms with E-state index in [1.165, 1.54) is 23.0 Å². The highest BCUT2D eigenvalue weighted by Crippen LogP contribution is 2.40. The van der Waals surface area contributed by atoms with Gasteiger partial charge in [-0.05, 0) is 37.5 Å². The highest BCUT2D eigenvalue weighted by atomic mass is 32.2. The third kappa shape index (κ3) is 2.56. The summed E-state index contributed by atoms with van der Waals surface area (Å²) in [7, 11) is -2.35. The molecule has 2 heterocycles. The second-order valence-electron chi connectivity index (χ2n) is 5.70. The SMILES string of the molecule is Cc1c(S(=O)(=O)N2CCCc3c2cccc3C(F)(F)F)cnn1C. The second-order valence-corrected chi connectivity index (χ2v) is 7.53. The third-order valence-electron chi connectivity index (χ3n) is 4.27. The van der Waals surface area contributed by atoms with Crippen LogP contribution in [0.5, 0.6) is 0 Å². The van der Waals surface area contributed by atoms with Crippen LogP contribution in [-0.2, 0) is 29.7 Å². The Bertz CT molecular complexity index is 888. The standard InChI is InChI=1S/C15H16F3N3O2S/c1-10-14(9-19-20(10)2)24(22,23)21-8-4-5-11-12(15(16,17)18)6-3-7-13(11)21/h3,6-7,9H,4-5,8H2,1-2H3. The lowest BCUT2D eigenvalue weighted by atomic mass is 9.97. The summed E-state index contributed by atoms with van der Waals surface area (Å²) in [5, 5.41) is 3.92. The van der Waals surface area contributed by atoms with Crippen LogP contribution in [0, 0.1) is 6.92 Å². The molecular weight excluding hydrogens is 343 g/mol. The lowest BCUT2D eigenvalue weighted by Gasteiger charge is -2.31. The van der Waals surface area contributed by atoms with Crippen LogP contribution in [0.15, 0.2) is 29.3 Å². The number of halogens is 3. The lowest BCUT2D eigenvalue weighted by Crippen LogP contribution is -2.36. The van der Waals surface area contributed by atoms with Crippen LogP contribution in [0.4, 0.5) is 18.9 Å². The van der Waals surface area contributed by atoms with Gasteiger partial charge < -0.3 is 0 Å². The third-order valence-corrected chi connectivity index (χ3v) is 6.19. The second kappa shape index (κ2) is 5.51. The van der Waals surface area contributed by atoms with Gasteiger partial charge in [0.1, 0.15) is 4.90 Å². The largest absolute Gasteiger partial charge is 0.416 e. The average molecular weight is 359 g/mol. The Labute approximate surface area is 137 Å². The first-order valence-electron chi connectivity index (χ1n) is 7.34. The van der Waals surface area contributed by atoms with Crippen molar-refractivity contribution < 1.29 is 21.6 Å². The fourth-order valence-electron chi connectivity index (χ4n) is 2.96. The predicted molar refractivity (Wildman–Crippen MR) is 82.2 cm³/mol. The molecule has 0 spiro atoms. The van der Waals surface area contributed by atoms with Crippen LogP contribution in [0.3, 0.4) is 0 Å². The van der Waals surface area contributed by atoms with Crippen LogP contribution in [0.1, 0.15) is 23.2 Å². The van der Waals surface area contributed by atoms with Crippen molar-refractivity contribution in [1.29, 1.82) is 0 Å². The van der Waals surface area contributed by atoms with Crippen molar-refractivity contribution in [3.8, 4) is 0 Å². The van der Waals surface area contributed by atoms with Gasteiger partial charge in [0, 0.05) is 13.6 Å². The smallest absolute Gasteiger partial charge is 0.272 e. The van der Waals surface area contributed by atoms with Gasteiger partial charge >= 0.3 is 6.18 Å². The minimum atomic E-state index is -4.51. The van der Waals surface area contributed by atoms with Crippen LogP contribution in [0.2, 0.25) is 0 Å². The molecule has 3 rings (SSSR count). The molecule has 0 aliphatic carbocycles. The average Bonchev–Trinajstić information content (AvgIpc) is 2.85. The zero-order valence-electron chi connectivity index (χ0n) is 13.1. The molecule has 0 unspecified atom stereocenters. The molecule has 0 radical (unpaired) electrons. The molecule has 1 aliphatic rings. The van der Waals surface area contributed by atoms with Crippen molar-refractivity contribution in [3.05, 3.63) is 41.2 Å². The molecule has 0 fully saturated rings. The molecule has 1 aromatic heterocycles. The molecule has 130 valence electrons. The Morgan fingerprint density at radius 2 is 1.96 bits per heavy atom. The molecule has 1 aromatic carbocycles. The van der Waals surface area contributed by atoms with E-state index in [0.29, 0.717) is 12.1 Å². The molecule has 0 atom stereocenters. The lowest BCUT2D eigenvalue weighted by molar-refractivity contribution is -0.138. The highest BCUT2D eigenvalue weighted by molar-refractivity contribution is 7.92. The molecule has 5 nitrogen and oxygen atoms in total. The zero-order chi connectivity index (χ0) is 17.7. The van der Waals surface area contributed by atoms with Gasteiger partial charge in [-0.3, -0.25) is 8.99 Å². The van der Waals surface area contributed by atoms with Crippen LogP contribution in [-0.4, -0.2) is 24.7 Å². The predicted octanol–water partition coefficient (Wildman–Crippen LogP) is 2.89. The monoisotopic (exact) mass is 359 g/mol. The van der Waals surface area contributed by atoms with E-state index in [0.717, 1.165) is 10.4 Å². The maximum absolute atomic E-state index is 13.2. The number of sulfonamides is 1. The zero-order valence-corrected chi connectivity index (χ0v) is 13.9. The maximum atomic E-state index is 13.2. The number of aromatic nitrogens is 2. The van der Waals surface area contributed by atoms with Gasteiger partial charge in [-0.2, -0.15) is 18.3 Å². The van der Waals surface area contributed by atoms with Gasteiger partial charge in [0.15, 0.2) is 0 Å². The molecule has 0 saturated carbocycles.